The number of nitrogens with zero attached hydrogens (tertiary/aromatic N) is 2. The molecule has 0 saturated carbocycles. The van der Waals surface area contributed by atoms with Gasteiger partial charge in [-0.25, -0.2) is 4.79 Å². The first kappa shape index (κ1) is 13.2. The molecule has 0 radical (unpaired) electrons. The highest BCUT2D eigenvalue weighted by Crippen LogP contribution is 2.14. The second-order valence-electron chi connectivity index (χ2n) is 4.54. The number of piperazine rings is 1. The van der Waals surface area contributed by atoms with Crippen molar-refractivity contribution in [2.24, 2.45) is 0 Å². The summed E-state index contributed by atoms with van der Waals surface area (Å²) in [6.45, 7) is 3.90. The van der Waals surface area contributed by atoms with Gasteiger partial charge in [-0.3, -0.25) is 0 Å². The number of halogens is 1. The molecule has 0 aliphatic carbocycles. The molecule has 2 rings (SSSR count). The van der Waals surface area contributed by atoms with E-state index in [9.17, 15) is 4.79 Å². The van der Waals surface area contributed by atoms with E-state index in [0.29, 0.717) is 11.6 Å². The Morgan fingerprint density at radius 3 is 2.61 bits per heavy atom. The predicted octanol–water partition coefficient (Wildman–Crippen LogP) is 1.80. The Balaban J connectivity index is 1.83. The van der Waals surface area contributed by atoms with Gasteiger partial charge in [-0.1, -0.05) is 29.8 Å². The summed E-state index contributed by atoms with van der Waals surface area (Å²) in [5, 5.41) is 3.60. The van der Waals surface area contributed by atoms with Gasteiger partial charge < -0.3 is 15.1 Å². The number of rotatable bonds is 2. The minimum atomic E-state index is -0.0111. The summed E-state index contributed by atoms with van der Waals surface area (Å²) >= 11 is 6.04. The van der Waals surface area contributed by atoms with Crippen molar-refractivity contribution < 1.29 is 4.79 Å². The molecule has 5 heteroatoms. The lowest BCUT2D eigenvalue weighted by Crippen LogP contribution is -2.50. The Bertz CT molecular complexity index is 416. The average molecular weight is 268 g/mol. The van der Waals surface area contributed by atoms with Crippen LogP contribution in [0.4, 0.5) is 4.79 Å². The molecule has 1 saturated heterocycles. The van der Waals surface area contributed by atoms with Gasteiger partial charge in [0.25, 0.3) is 0 Å². The van der Waals surface area contributed by atoms with Crippen LogP contribution in [0.2, 0.25) is 5.02 Å². The molecule has 1 fully saturated rings. The number of benzene rings is 1. The van der Waals surface area contributed by atoms with Gasteiger partial charge >= 0.3 is 6.03 Å². The maximum absolute atomic E-state index is 11.9. The standard InChI is InChI=1S/C13H18ClN3O/c1-16-6-8-17(9-7-16)13(18)15-10-11-4-2-3-5-12(11)14/h2-5H,6-10H2,1H3,(H,15,18). The first-order chi connectivity index (χ1) is 8.66. The van der Waals surface area contributed by atoms with Crippen molar-refractivity contribution in [3.8, 4) is 0 Å². The zero-order valence-corrected chi connectivity index (χ0v) is 11.3. The van der Waals surface area contributed by atoms with Gasteiger partial charge in [-0.05, 0) is 18.7 Å². The van der Waals surface area contributed by atoms with E-state index < -0.39 is 0 Å². The topological polar surface area (TPSA) is 35.6 Å². The Kier molecular flexibility index (Phi) is 4.44. The molecule has 0 bridgehead atoms. The minimum Gasteiger partial charge on any atom is -0.334 e. The summed E-state index contributed by atoms with van der Waals surface area (Å²) in [5.74, 6) is 0. The quantitative estimate of drug-likeness (QED) is 0.887. The summed E-state index contributed by atoms with van der Waals surface area (Å²) in [4.78, 5) is 16.0. The Morgan fingerprint density at radius 2 is 1.94 bits per heavy atom. The van der Waals surface area contributed by atoms with E-state index >= 15 is 0 Å². The van der Waals surface area contributed by atoms with Gasteiger partial charge in [-0.2, -0.15) is 0 Å². The van der Waals surface area contributed by atoms with Crippen LogP contribution < -0.4 is 5.32 Å². The zero-order chi connectivity index (χ0) is 13.0. The van der Waals surface area contributed by atoms with Crippen LogP contribution in [-0.2, 0) is 6.54 Å². The highest BCUT2D eigenvalue weighted by atomic mass is 35.5. The molecule has 1 N–H and O–H groups in total. The van der Waals surface area contributed by atoms with Crippen molar-refractivity contribution in [3.63, 3.8) is 0 Å². The van der Waals surface area contributed by atoms with Crippen molar-refractivity contribution >= 4 is 17.6 Å². The number of carbonyl (C=O) groups excluding carboxylic acids is 1. The third-order valence-electron chi connectivity index (χ3n) is 3.18. The van der Waals surface area contributed by atoms with Gasteiger partial charge in [0.1, 0.15) is 0 Å². The second-order valence-corrected chi connectivity index (χ2v) is 4.95. The fourth-order valence-electron chi connectivity index (χ4n) is 1.93. The molecule has 1 aliphatic rings. The van der Waals surface area contributed by atoms with Crippen molar-refractivity contribution in [1.82, 2.24) is 15.1 Å². The van der Waals surface area contributed by atoms with E-state index in [-0.39, 0.29) is 6.03 Å². The molecule has 0 atom stereocenters. The second kappa shape index (κ2) is 6.07. The van der Waals surface area contributed by atoms with Crippen LogP contribution >= 0.6 is 11.6 Å². The molecule has 4 nitrogen and oxygen atoms in total. The number of nitrogens with one attached hydrogen (secondary N) is 1. The third kappa shape index (κ3) is 3.37. The summed E-state index contributed by atoms with van der Waals surface area (Å²) in [6.07, 6.45) is 0. The molecule has 18 heavy (non-hydrogen) atoms. The van der Waals surface area contributed by atoms with E-state index in [1.54, 1.807) is 0 Å². The van der Waals surface area contributed by atoms with E-state index in [1.165, 1.54) is 0 Å². The van der Waals surface area contributed by atoms with E-state index in [0.717, 1.165) is 31.7 Å². The molecule has 1 aromatic rings. The van der Waals surface area contributed by atoms with E-state index in [4.69, 9.17) is 11.6 Å². The zero-order valence-electron chi connectivity index (χ0n) is 10.5. The smallest absolute Gasteiger partial charge is 0.317 e. The SMILES string of the molecule is CN1CCN(C(=O)NCc2ccccc2Cl)CC1. The first-order valence-corrected chi connectivity index (χ1v) is 6.49. The molecule has 0 spiro atoms. The van der Waals surface area contributed by atoms with Crippen molar-refractivity contribution in [1.29, 1.82) is 0 Å². The number of carbonyl (C=O) groups is 1. The molecular formula is C13H18ClN3O. The van der Waals surface area contributed by atoms with Gasteiger partial charge in [0.05, 0.1) is 0 Å². The predicted molar refractivity (Wildman–Crippen MR) is 72.8 cm³/mol. The van der Waals surface area contributed by atoms with Gasteiger partial charge in [0, 0.05) is 37.7 Å². The van der Waals surface area contributed by atoms with Crippen molar-refractivity contribution in [2.45, 2.75) is 6.54 Å². The average Bonchev–Trinajstić information content (AvgIpc) is 2.38. The van der Waals surface area contributed by atoms with Crippen LogP contribution in [0.3, 0.4) is 0 Å². The third-order valence-corrected chi connectivity index (χ3v) is 3.55. The maximum Gasteiger partial charge on any atom is 0.317 e. The van der Waals surface area contributed by atoms with Crippen molar-refractivity contribution in [3.05, 3.63) is 34.9 Å². The number of amides is 2. The highest BCUT2D eigenvalue weighted by molar-refractivity contribution is 6.31. The monoisotopic (exact) mass is 267 g/mol. The molecule has 0 unspecified atom stereocenters. The molecule has 1 heterocycles. The molecule has 98 valence electrons. The number of urea groups is 1. The Hall–Kier alpha value is -1.26. The van der Waals surface area contributed by atoms with Crippen LogP contribution in [0.15, 0.2) is 24.3 Å². The van der Waals surface area contributed by atoms with Crippen LogP contribution in [0.1, 0.15) is 5.56 Å². The number of hydrogen-bond donors (Lipinski definition) is 1. The summed E-state index contributed by atoms with van der Waals surface area (Å²) in [7, 11) is 2.07. The minimum absolute atomic E-state index is 0.0111. The first-order valence-electron chi connectivity index (χ1n) is 6.11. The van der Waals surface area contributed by atoms with Gasteiger partial charge in [0.15, 0.2) is 0 Å². The Morgan fingerprint density at radius 1 is 1.28 bits per heavy atom. The summed E-state index contributed by atoms with van der Waals surface area (Å²) in [5.41, 5.74) is 0.946. The molecule has 0 aromatic heterocycles. The molecule has 1 aromatic carbocycles. The summed E-state index contributed by atoms with van der Waals surface area (Å²) in [6, 6.07) is 7.55. The molecule has 2 amide bonds. The normalized spacial score (nSPS) is 16.7. The largest absolute Gasteiger partial charge is 0.334 e. The van der Waals surface area contributed by atoms with Crippen LogP contribution in [-0.4, -0.2) is 49.1 Å². The Labute approximate surface area is 113 Å². The van der Waals surface area contributed by atoms with Crippen LogP contribution in [0.25, 0.3) is 0 Å². The van der Waals surface area contributed by atoms with Crippen LogP contribution in [0, 0.1) is 0 Å². The van der Waals surface area contributed by atoms with E-state index in [2.05, 4.69) is 17.3 Å². The van der Waals surface area contributed by atoms with Crippen molar-refractivity contribution in [2.75, 3.05) is 33.2 Å². The fourth-order valence-corrected chi connectivity index (χ4v) is 2.14. The lowest BCUT2D eigenvalue weighted by atomic mass is 10.2. The number of hydrogen-bond acceptors (Lipinski definition) is 2. The lowest BCUT2D eigenvalue weighted by molar-refractivity contribution is 0.154. The fraction of sp³-hybridized carbons (Fsp3) is 0.462. The van der Waals surface area contributed by atoms with Crippen LogP contribution in [0.5, 0.6) is 0 Å². The van der Waals surface area contributed by atoms with Gasteiger partial charge in [0.2, 0.25) is 0 Å². The summed E-state index contributed by atoms with van der Waals surface area (Å²) < 4.78 is 0. The molecular weight excluding hydrogens is 250 g/mol. The highest BCUT2D eigenvalue weighted by Gasteiger charge is 2.18. The molecule has 1 aliphatic heterocycles. The van der Waals surface area contributed by atoms with Gasteiger partial charge in [-0.15, -0.1) is 0 Å². The van der Waals surface area contributed by atoms with E-state index in [1.807, 2.05) is 29.2 Å². The number of likely N-dealkylation sites (N-methyl/N-ethyl adjacent to an activating group) is 1. The lowest BCUT2D eigenvalue weighted by Gasteiger charge is -2.32. The maximum atomic E-state index is 11.9.